The SMILES string of the molecule is CCCCCCCCCCCCO[Si](Cl)(CCCCCCCC)c1ccccc1. The topological polar surface area (TPSA) is 9.23 Å². The molecule has 29 heavy (non-hydrogen) atoms. The second-order valence-electron chi connectivity index (χ2n) is 8.64. The van der Waals surface area contributed by atoms with E-state index in [2.05, 4.69) is 44.2 Å². The predicted molar refractivity (Wildman–Crippen MR) is 134 cm³/mol. The Bertz CT molecular complexity index is 467. The number of rotatable bonds is 20. The Hall–Kier alpha value is -0.313. The maximum atomic E-state index is 7.14. The Morgan fingerprint density at radius 2 is 1.07 bits per heavy atom. The van der Waals surface area contributed by atoms with Crippen LogP contribution in [0, 0.1) is 0 Å². The molecular weight excluding hydrogens is 392 g/mol. The first-order chi connectivity index (χ1) is 14.2. The molecule has 0 saturated carbocycles. The Morgan fingerprint density at radius 3 is 1.59 bits per heavy atom. The lowest BCUT2D eigenvalue weighted by atomic mass is 10.1. The van der Waals surface area contributed by atoms with E-state index in [-0.39, 0.29) is 0 Å². The van der Waals surface area contributed by atoms with Crippen LogP contribution in [-0.4, -0.2) is 14.2 Å². The van der Waals surface area contributed by atoms with Gasteiger partial charge in [-0.2, -0.15) is 0 Å². The zero-order valence-corrected chi connectivity index (χ0v) is 21.2. The fraction of sp³-hybridized carbons (Fsp3) is 0.769. The van der Waals surface area contributed by atoms with Gasteiger partial charge in [0.05, 0.1) is 0 Å². The van der Waals surface area contributed by atoms with Crippen LogP contribution in [0.3, 0.4) is 0 Å². The summed E-state index contributed by atoms with van der Waals surface area (Å²) in [5, 5.41) is 1.25. The quantitative estimate of drug-likeness (QED) is 0.112. The van der Waals surface area contributed by atoms with E-state index in [9.17, 15) is 0 Å². The van der Waals surface area contributed by atoms with Gasteiger partial charge in [0.15, 0.2) is 0 Å². The van der Waals surface area contributed by atoms with E-state index in [4.69, 9.17) is 15.5 Å². The van der Waals surface area contributed by atoms with Gasteiger partial charge in [0.2, 0.25) is 0 Å². The molecule has 0 heterocycles. The monoisotopic (exact) mass is 438 g/mol. The molecule has 168 valence electrons. The predicted octanol–water partition coefficient (Wildman–Crippen LogP) is 8.87. The van der Waals surface area contributed by atoms with Crippen LogP contribution in [0.25, 0.3) is 0 Å². The van der Waals surface area contributed by atoms with Gasteiger partial charge in [-0.1, -0.05) is 140 Å². The molecule has 0 amide bonds. The van der Waals surface area contributed by atoms with Crippen molar-refractivity contribution in [3.63, 3.8) is 0 Å². The number of unbranched alkanes of at least 4 members (excludes halogenated alkanes) is 14. The molecule has 0 radical (unpaired) electrons. The highest BCUT2D eigenvalue weighted by atomic mass is 35.6. The van der Waals surface area contributed by atoms with Crippen molar-refractivity contribution < 1.29 is 4.43 Å². The first-order valence-corrected chi connectivity index (χ1v) is 15.7. The molecule has 0 aliphatic rings. The molecule has 1 nitrogen and oxygen atoms in total. The minimum absolute atomic E-state index is 0.830. The van der Waals surface area contributed by atoms with Gasteiger partial charge in [0.25, 0.3) is 0 Å². The molecule has 1 unspecified atom stereocenters. The first-order valence-electron chi connectivity index (χ1n) is 12.6. The van der Waals surface area contributed by atoms with Crippen LogP contribution in [-0.2, 0) is 4.43 Å². The summed E-state index contributed by atoms with van der Waals surface area (Å²) < 4.78 is 6.42. The Labute approximate surface area is 187 Å². The molecule has 0 aromatic heterocycles. The van der Waals surface area contributed by atoms with Crippen LogP contribution in [0.2, 0.25) is 6.04 Å². The largest absolute Gasteiger partial charge is 0.400 e. The van der Waals surface area contributed by atoms with Crippen molar-refractivity contribution in [1.82, 2.24) is 0 Å². The van der Waals surface area contributed by atoms with Crippen molar-refractivity contribution in [3.8, 4) is 0 Å². The summed E-state index contributed by atoms with van der Waals surface area (Å²) >= 11 is 7.14. The third kappa shape index (κ3) is 13.6. The third-order valence-electron chi connectivity index (χ3n) is 5.89. The molecule has 1 rings (SSSR count). The molecule has 0 saturated heterocycles. The smallest absolute Gasteiger partial charge is 0.322 e. The van der Waals surface area contributed by atoms with Crippen molar-refractivity contribution in [2.45, 2.75) is 123 Å². The molecule has 0 fully saturated rings. The molecule has 3 heteroatoms. The summed E-state index contributed by atoms with van der Waals surface area (Å²) in [6, 6.07) is 11.7. The van der Waals surface area contributed by atoms with Gasteiger partial charge >= 0.3 is 7.63 Å². The molecule has 0 aliphatic heterocycles. The van der Waals surface area contributed by atoms with Crippen molar-refractivity contribution in [3.05, 3.63) is 30.3 Å². The lowest BCUT2D eigenvalue weighted by Crippen LogP contribution is -2.45. The number of halogens is 1. The summed E-state index contributed by atoms with van der Waals surface area (Å²) in [5.74, 6) is 0. The van der Waals surface area contributed by atoms with Gasteiger partial charge in [-0.05, 0) is 17.7 Å². The summed E-state index contributed by atoms with van der Waals surface area (Å²) in [7, 11) is -2.32. The second-order valence-corrected chi connectivity index (χ2v) is 13.3. The third-order valence-corrected chi connectivity index (χ3v) is 10.3. The maximum absolute atomic E-state index is 7.14. The molecule has 1 atom stereocenters. The zero-order valence-electron chi connectivity index (χ0n) is 19.4. The van der Waals surface area contributed by atoms with Crippen LogP contribution in [0.15, 0.2) is 30.3 Å². The molecular formula is C26H47ClOSi. The average Bonchev–Trinajstić information content (AvgIpc) is 2.75. The highest BCUT2D eigenvalue weighted by Crippen LogP contribution is 2.22. The number of hydrogen-bond donors (Lipinski definition) is 0. The van der Waals surface area contributed by atoms with E-state index in [1.165, 1.54) is 101 Å². The van der Waals surface area contributed by atoms with E-state index >= 15 is 0 Å². The van der Waals surface area contributed by atoms with Gasteiger partial charge in [-0.25, -0.2) is 0 Å². The molecule has 0 spiro atoms. The molecule has 0 aliphatic carbocycles. The van der Waals surface area contributed by atoms with Crippen molar-refractivity contribution in [2.24, 2.45) is 0 Å². The van der Waals surface area contributed by atoms with Crippen molar-refractivity contribution in [2.75, 3.05) is 6.61 Å². The highest BCUT2D eigenvalue weighted by molar-refractivity contribution is 7.23. The summed E-state index contributed by atoms with van der Waals surface area (Å²) in [4.78, 5) is 0. The van der Waals surface area contributed by atoms with E-state index in [1.807, 2.05) is 0 Å². The summed E-state index contributed by atoms with van der Waals surface area (Å²) in [5.41, 5.74) is 0. The second kappa shape index (κ2) is 18.5. The average molecular weight is 439 g/mol. The van der Waals surface area contributed by atoms with Gasteiger partial charge < -0.3 is 4.43 Å². The van der Waals surface area contributed by atoms with Crippen LogP contribution in [0.1, 0.15) is 117 Å². The van der Waals surface area contributed by atoms with E-state index in [0.717, 1.165) is 19.1 Å². The van der Waals surface area contributed by atoms with E-state index < -0.39 is 7.63 Å². The van der Waals surface area contributed by atoms with Crippen LogP contribution < -0.4 is 5.19 Å². The van der Waals surface area contributed by atoms with Gasteiger partial charge in [0.1, 0.15) is 0 Å². The standard InChI is InChI=1S/C26H47ClOSi/c1-3-5-7-9-11-12-13-14-15-20-24-28-29(27,26-22-18-17-19-23-26)25-21-16-10-8-6-4-2/h17-19,22-23H,3-16,20-21,24-25H2,1-2H3. The first kappa shape index (κ1) is 26.7. The van der Waals surface area contributed by atoms with Gasteiger partial charge in [-0.3, -0.25) is 0 Å². The fourth-order valence-corrected chi connectivity index (χ4v) is 7.42. The zero-order chi connectivity index (χ0) is 21.0. The Morgan fingerprint density at radius 1 is 0.621 bits per heavy atom. The lowest BCUT2D eigenvalue weighted by Gasteiger charge is -2.25. The molecule has 1 aromatic rings. The van der Waals surface area contributed by atoms with Crippen molar-refractivity contribution in [1.29, 1.82) is 0 Å². The van der Waals surface area contributed by atoms with Crippen LogP contribution in [0.5, 0.6) is 0 Å². The fourth-order valence-electron chi connectivity index (χ4n) is 3.94. The minimum Gasteiger partial charge on any atom is -0.400 e. The molecule has 1 aromatic carbocycles. The summed E-state index contributed by atoms with van der Waals surface area (Å²) in [6.07, 6.45) is 21.4. The van der Waals surface area contributed by atoms with Gasteiger partial charge in [0, 0.05) is 6.61 Å². The Balaban J connectivity index is 2.23. The maximum Gasteiger partial charge on any atom is 0.322 e. The normalized spacial score (nSPS) is 13.5. The highest BCUT2D eigenvalue weighted by Gasteiger charge is 2.34. The van der Waals surface area contributed by atoms with Crippen LogP contribution in [0.4, 0.5) is 0 Å². The van der Waals surface area contributed by atoms with Crippen LogP contribution >= 0.6 is 11.1 Å². The number of hydrogen-bond acceptors (Lipinski definition) is 1. The number of benzene rings is 1. The lowest BCUT2D eigenvalue weighted by molar-refractivity contribution is 0.305. The molecule has 0 N–H and O–H groups in total. The molecule has 0 bridgehead atoms. The summed E-state index contributed by atoms with van der Waals surface area (Å²) in [6.45, 7) is 5.39. The van der Waals surface area contributed by atoms with E-state index in [0.29, 0.717) is 0 Å². The van der Waals surface area contributed by atoms with Crippen molar-refractivity contribution >= 4 is 23.9 Å². The van der Waals surface area contributed by atoms with Gasteiger partial charge in [-0.15, -0.1) is 11.1 Å². The minimum atomic E-state index is -2.32. The Kier molecular flexibility index (Phi) is 17.0. The van der Waals surface area contributed by atoms with E-state index in [1.54, 1.807) is 0 Å².